The molecule has 2 N–H and O–H groups in total. The van der Waals surface area contributed by atoms with Gasteiger partial charge in [0.05, 0.1) is 0 Å². The molecule has 0 saturated heterocycles. The zero-order valence-corrected chi connectivity index (χ0v) is 20.0. The second-order valence-corrected chi connectivity index (χ2v) is 6.87. The molecule has 0 aliphatic carbocycles. The van der Waals surface area contributed by atoms with Crippen molar-refractivity contribution in [2.24, 2.45) is 0 Å². The highest BCUT2D eigenvalue weighted by atomic mass is 79.9. The maximum atomic E-state index is 5.98. The number of alkyl halides is 1. The van der Waals surface area contributed by atoms with E-state index in [1.54, 1.807) is 0 Å². The van der Waals surface area contributed by atoms with Gasteiger partial charge in [-0.25, -0.2) is 0 Å². The van der Waals surface area contributed by atoms with Crippen LogP contribution in [0.2, 0.25) is 0 Å². The molecule has 0 spiro atoms. The summed E-state index contributed by atoms with van der Waals surface area (Å²) in [6.45, 7) is 12.9. The first-order valence-corrected chi connectivity index (χ1v) is 11.7. The van der Waals surface area contributed by atoms with Crippen LogP contribution in [0, 0.1) is 6.92 Å². The Morgan fingerprint density at radius 1 is 0.862 bits per heavy atom. The molecular weight excluding hydrogens is 418 g/mol. The highest BCUT2D eigenvalue weighted by Gasteiger charge is 2.13. The molecular formula is C27H34BrN. The van der Waals surface area contributed by atoms with Crippen molar-refractivity contribution in [3.63, 3.8) is 0 Å². The van der Waals surface area contributed by atoms with E-state index in [4.69, 9.17) is 5.73 Å². The quantitative estimate of drug-likeness (QED) is 0.313. The summed E-state index contributed by atoms with van der Waals surface area (Å²) in [4.78, 5) is 0. The molecule has 0 aliphatic heterocycles. The van der Waals surface area contributed by atoms with Gasteiger partial charge in [-0.1, -0.05) is 110 Å². The van der Waals surface area contributed by atoms with Crippen molar-refractivity contribution in [3.05, 3.63) is 95.6 Å². The molecule has 0 aromatic heterocycles. The largest absolute Gasteiger partial charge is 0.399 e. The molecule has 1 nitrogen and oxygen atoms in total. The van der Waals surface area contributed by atoms with Gasteiger partial charge in [-0.2, -0.15) is 0 Å². The molecule has 0 atom stereocenters. The molecule has 2 heteroatoms. The highest BCUT2D eigenvalue weighted by Crippen LogP contribution is 2.35. The normalized spacial score (nSPS) is 9.59. The topological polar surface area (TPSA) is 26.0 Å². The molecule has 0 fully saturated rings. The predicted molar refractivity (Wildman–Crippen MR) is 136 cm³/mol. The molecule has 0 amide bonds. The molecule has 3 aromatic carbocycles. The zero-order chi connectivity index (χ0) is 21.8. The number of anilines is 1. The first kappa shape index (κ1) is 24.7. The van der Waals surface area contributed by atoms with Gasteiger partial charge in [0, 0.05) is 5.69 Å². The molecule has 29 heavy (non-hydrogen) atoms. The number of benzene rings is 3. The Bertz CT molecular complexity index is 898. The SMILES string of the molecule is C=C(c1ccccc1)c1cc(C)ccc1-c1ccc(N)cc1CC.CBr.CCC. The van der Waals surface area contributed by atoms with Crippen LogP contribution >= 0.6 is 15.9 Å². The van der Waals surface area contributed by atoms with Crippen molar-refractivity contribution >= 4 is 27.2 Å². The summed E-state index contributed by atoms with van der Waals surface area (Å²) in [7, 11) is 0. The second-order valence-electron chi connectivity index (χ2n) is 6.87. The Kier molecular flexibility index (Phi) is 11.1. The first-order valence-electron chi connectivity index (χ1n) is 10.1. The lowest BCUT2D eigenvalue weighted by Gasteiger charge is -2.17. The fourth-order valence-electron chi connectivity index (χ4n) is 3.11. The van der Waals surface area contributed by atoms with Gasteiger partial charge in [0.15, 0.2) is 0 Å². The summed E-state index contributed by atoms with van der Waals surface area (Å²) in [5, 5.41) is 0. The number of halogens is 1. The Morgan fingerprint density at radius 3 is 2.03 bits per heavy atom. The van der Waals surface area contributed by atoms with Crippen LogP contribution in [0.5, 0.6) is 0 Å². The van der Waals surface area contributed by atoms with Gasteiger partial charge in [-0.05, 0) is 64.7 Å². The summed E-state index contributed by atoms with van der Waals surface area (Å²) in [6, 6.07) is 23.1. The standard InChI is InChI=1S/C23H23N.C3H8.CH3Br/c1-4-18-15-20(24)11-13-21(18)22-12-10-16(2)14-23(22)17(3)19-8-6-5-7-9-19;1-3-2;1-2/h5-15H,3-4,24H2,1-2H3;3H2,1-2H3;1H3. The van der Waals surface area contributed by atoms with Crippen LogP contribution in [0.3, 0.4) is 0 Å². The van der Waals surface area contributed by atoms with Crippen LogP contribution in [0.4, 0.5) is 5.69 Å². The fraction of sp³-hybridized carbons (Fsp3) is 0.259. The van der Waals surface area contributed by atoms with Crippen LogP contribution in [-0.4, -0.2) is 5.83 Å². The van der Waals surface area contributed by atoms with E-state index in [2.05, 4.69) is 105 Å². The minimum Gasteiger partial charge on any atom is -0.399 e. The van der Waals surface area contributed by atoms with Crippen molar-refractivity contribution < 1.29 is 0 Å². The second kappa shape index (κ2) is 13.0. The van der Waals surface area contributed by atoms with E-state index < -0.39 is 0 Å². The number of rotatable bonds is 4. The smallest absolute Gasteiger partial charge is 0.0317 e. The molecule has 154 valence electrons. The monoisotopic (exact) mass is 451 g/mol. The lowest BCUT2D eigenvalue weighted by Crippen LogP contribution is -1.96. The van der Waals surface area contributed by atoms with Gasteiger partial charge < -0.3 is 5.73 Å². The maximum Gasteiger partial charge on any atom is 0.0317 e. The van der Waals surface area contributed by atoms with Gasteiger partial charge in [-0.3, -0.25) is 0 Å². The maximum absolute atomic E-state index is 5.98. The van der Waals surface area contributed by atoms with Crippen molar-refractivity contribution in [2.45, 2.75) is 40.5 Å². The lowest BCUT2D eigenvalue weighted by atomic mass is 9.88. The summed E-state index contributed by atoms with van der Waals surface area (Å²) in [5.74, 6) is 1.81. The molecule has 0 aliphatic rings. The van der Waals surface area contributed by atoms with Crippen LogP contribution < -0.4 is 5.73 Å². The predicted octanol–water partition coefficient (Wildman–Crippen LogP) is 8.30. The van der Waals surface area contributed by atoms with E-state index in [1.807, 2.05) is 18.0 Å². The van der Waals surface area contributed by atoms with E-state index in [0.717, 1.165) is 23.2 Å². The molecule has 3 aromatic rings. The van der Waals surface area contributed by atoms with E-state index in [-0.39, 0.29) is 0 Å². The van der Waals surface area contributed by atoms with Gasteiger partial charge in [0.25, 0.3) is 0 Å². The van der Waals surface area contributed by atoms with E-state index in [1.165, 1.54) is 34.2 Å². The molecule has 0 saturated carbocycles. The summed E-state index contributed by atoms with van der Waals surface area (Å²) < 4.78 is 0. The average molecular weight is 452 g/mol. The Hall–Kier alpha value is -2.32. The Labute approximate surface area is 185 Å². The number of hydrogen-bond acceptors (Lipinski definition) is 1. The van der Waals surface area contributed by atoms with E-state index in [9.17, 15) is 0 Å². The van der Waals surface area contributed by atoms with Gasteiger partial charge in [-0.15, -0.1) is 0 Å². The molecule has 0 bridgehead atoms. The third-order valence-electron chi connectivity index (χ3n) is 4.42. The van der Waals surface area contributed by atoms with Crippen molar-refractivity contribution in [3.8, 4) is 11.1 Å². The highest BCUT2D eigenvalue weighted by molar-refractivity contribution is 9.08. The molecule has 0 unspecified atom stereocenters. The molecule has 3 rings (SSSR count). The molecule has 0 heterocycles. The number of nitrogens with two attached hydrogens (primary N) is 1. The molecule has 0 radical (unpaired) electrons. The van der Waals surface area contributed by atoms with Crippen molar-refractivity contribution in [1.82, 2.24) is 0 Å². The minimum atomic E-state index is 0.811. The Balaban J connectivity index is 0.000000771. The van der Waals surface area contributed by atoms with Crippen LogP contribution in [-0.2, 0) is 6.42 Å². The van der Waals surface area contributed by atoms with Crippen molar-refractivity contribution in [2.75, 3.05) is 11.6 Å². The van der Waals surface area contributed by atoms with Gasteiger partial charge in [0.2, 0.25) is 0 Å². The zero-order valence-electron chi connectivity index (χ0n) is 18.4. The van der Waals surface area contributed by atoms with E-state index >= 15 is 0 Å². The third kappa shape index (κ3) is 6.90. The summed E-state index contributed by atoms with van der Waals surface area (Å²) in [6.07, 6.45) is 2.20. The summed E-state index contributed by atoms with van der Waals surface area (Å²) in [5.41, 5.74) is 15.1. The summed E-state index contributed by atoms with van der Waals surface area (Å²) >= 11 is 2.94. The van der Waals surface area contributed by atoms with Crippen LogP contribution in [0.1, 0.15) is 49.4 Å². The number of aryl methyl sites for hydroxylation is 2. The third-order valence-corrected chi connectivity index (χ3v) is 4.42. The fourth-order valence-corrected chi connectivity index (χ4v) is 3.11. The Morgan fingerprint density at radius 2 is 1.45 bits per heavy atom. The lowest BCUT2D eigenvalue weighted by molar-refractivity contribution is 1.09. The van der Waals surface area contributed by atoms with Crippen molar-refractivity contribution in [1.29, 1.82) is 0 Å². The van der Waals surface area contributed by atoms with Crippen LogP contribution in [0.15, 0.2) is 73.3 Å². The number of hydrogen-bond donors (Lipinski definition) is 1. The van der Waals surface area contributed by atoms with Gasteiger partial charge >= 0.3 is 0 Å². The number of nitrogen functional groups attached to an aromatic ring is 1. The minimum absolute atomic E-state index is 0.811. The first-order chi connectivity index (χ1) is 14.0. The van der Waals surface area contributed by atoms with Gasteiger partial charge in [0.1, 0.15) is 0 Å². The van der Waals surface area contributed by atoms with E-state index in [0.29, 0.717) is 0 Å². The average Bonchev–Trinajstić information content (AvgIpc) is 2.76. The van der Waals surface area contributed by atoms with Crippen LogP contribution in [0.25, 0.3) is 16.7 Å².